The highest BCUT2D eigenvalue weighted by Gasteiger charge is 2.34. The summed E-state index contributed by atoms with van der Waals surface area (Å²) in [4.78, 5) is 21.8. The van der Waals surface area contributed by atoms with E-state index in [9.17, 15) is 9.59 Å². The average molecular weight is 222 g/mol. The first-order valence-corrected chi connectivity index (χ1v) is 4.79. The molecule has 16 heavy (non-hydrogen) atoms. The van der Waals surface area contributed by atoms with Crippen molar-refractivity contribution in [2.45, 2.75) is 18.9 Å². The summed E-state index contributed by atoms with van der Waals surface area (Å²) in [5.41, 5.74) is 4.40. The number of amides is 2. The molecule has 0 saturated heterocycles. The Kier molecular flexibility index (Phi) is 3.50. The fourth-order valence-electron chi connectivity index (χ4n) is 1.45. The Morgan fingerprint density at radius 2 is 1.94 bits per heavy atom. The van der Waals surface area contributed by atoms with Gasteiger partial charge in [0.25, 0.3) is 0 Å². The lowest BCUT2D eigenvalue weighted by atomic mass is 9.93. The van der Waals surface area contributed by atoms with Gasteiger partial charge in [0.1, 0.15) is 5.54 Å². The summed E-state index contributed by atoms with van der Waals surface area (Å²) >= 11 is 0. The highest BCUT2D eigenvalue weighted by atomic mass is 16.4. The third-order valence-electron chi connectivity index (χ3n) is 2.27. The molecule has 1 aromatic carbocycles. The Morgan fingerprint density at radius 3 is 2.38 bits per heavy atom. The molecular weight excluding hydrogens is 208 g/mol. The Hall–Kier alpha value is -2.04. The fourth-order valence-corrected chi connectivity index (χ4v) is 1.45. The van der Waals surface area contributed by atoms with E-state index in [1.165, 1.54) is 6.92 Å². The Morgan fingerprint density at radius 1 is 1.38 bits per heavy atom. The van der Waals surface area contributed by atoms with Crippen LogP contribution in [-0.2, 0) is 11.2 Å². The van der Waals surface area contributed by atoms with E-state index in [1.807, 2.05) is 18.2 Å². The topological polar surface area (TPSA) is 92.4 Å². The largest absolute Gasteiger partial charge is 0.480 e. The van der Waals surface area contributed by atoms with Crippen molar-refractivity contribution in [2.24, 2.45) is 5.73 Å². The van der Waals surface area contributed by atoms with Crippen LogP contribution in [0, 0.1) is 0 Å². The Balaban J connectivity index is 2.87. The van der Waals surface area contributed by atoms with E-state index >= 15 is 0 Å². The van der Waals surface area contributed by atoms with Gasteiger partial charge in [-0.15, -0.1) is 0 Å². The summed E-state index contributed by atoms with van der Waals surface area (Å²) in [6, 6.07) is 8.20. The summed E-state index contributed by atoms with van der Waals surface area (Å²) in [7, 11) is 0. The maximum atomic E-state index is 11.1. The van der Waals surface area contributed by atoms with Crippen LogP contribution in [0.3, 0.4) is 0 Å². The molecule has 1 rings (SSSR count). The van der Waals surface area contributed by atoms with Crippen LogP contribution in [-0.4, -0.2) is 22.6 Å². The summed E-state index contributed by atoms with van der Waals surface area (Å²) in [5, 5.41) is 11.3. The number of carbonyl (C=O) groups excluding carboxylic acids is 1. The molecule has 86 valence electrons. The van der Waals surface area contributed by atoms with Gasteiger partial charge in [-0.05, 0) is 12.5 Å². The molecular formula is C11H14N2O3. The average Bonchev–Trinajstić information content (AvgIpc) is 2.17. The molecule has 0 heterocycles. The summed E-state index contributed by atoms with van der Waals surface area (Å²) in [6.45, 7) is 1.42. The van der Waals surface area contributed by atoms with E-state index in [-0.39, 0.29) is 6.42 Å². The minimum Gasteiger partial charge on any atom is -0.480 e. The number of nitrogens with one attached hydrogen (secondary N) is 1. The van der Waals surface area contributed by atoms with Gasteiger partial charge in [-0.1, -0.05) is 30.3 Å². The maximum Gasteiger partial charge on any atom is 0.329 e. The number of hydrogen-bond donors (Lipinski definition) is 3. The lowest BCUT2D eigenvalue weighted by Crippen LogP contribution is -2.55. The highest BCUT2D eigenvalue weighted by molar-refractivity contribution is 5.85. The second kappa shape index (κ2) is 4.65. The minimum atomic E-state index is -1.38. The van der Waals surface area contributed by atoms with Crippen LogP contribution in [0.4, 0.5) is 4.79 Å². The van der Waals surface area contributed by atoms with E-state index in [4.69, 9.17) is 10.8 Å². The molecule has 1 aromatic rings. The van der Waals surface area contributed by atoms with Gasteiger partial charge in [-0.25, -0.2) is 9.59 Å². The van der Waals surface area contributed by atoms with E-state index < -0.39 is 17.5 Å². The monoisotopic (exact) mass is 222 g/mol. The fraction of sp³-hybridized carbons (Fsp3) is 0.273. The van der Waals surface area contributed by atoms with Gasteiger partial charge in [0, 0.05) is 6.42 Å². The number of carbonyl (C=O) groups is 2. The molecule has 0 aliphatic rings. The second-order valence-corrected chi connectivity index (χ2v) is 3.79. The molecule has 5 heteroatoms. The van der Waals surface area contributed by atoms with Crippen LogP contribution < -0.4 is 11.1 Å². The molecule has 1 atom stereocenters. The Bertz CT molecular complexity index is 391. The van der Waals surface area contributed by atoms with E-state index in [0.717, 1.165) is 5.56 Å². The predicted molar refractivity (Wildman–Crippen MR) is 58.9 cm³/mol. The SMILES string of the molecule is CC(Cc1ccccc1)(NC(N)=O)C(=O)O. The number of benzene rings is 1. The van der Waals surface area contributed by atoms with Gasteiger partial charge in [0.05, 0.1) is 0 Å². The number of carboxylic acids is 1. The van der Waals surface area contributed by atoms with Crippen LogP contribution in [0.5, 0.6) is 0 Å². The van der Waals surface area contributed by atoms with Gasteiger partial charge >= 0.3 is 12.0 Å². The number of urea groups is 1. The molecule has 0 radical (unpaired) electrons. The minimum absolute atomic E-state index is 0.187. The van der Waals surface area contributed by atoms with Crippen molar-refractivity contribution in [3.8, 4) is 0 Å². The Labute approximate surface area is 93.3 Å². The van der Waals surface area contributed by atoms with Crippen molar-refractivity contribution in [1.29, 1.82) is 0 Å². The number of rotatable bonds is 4. The third kappa shape index (κ3) is 2.98. The van der Waals surface area contributed by atoms with Gasteiger partial charge in [-0.3, -0.25) is 0 Å². The van der Waals surface area contributed by atoms with Crippen LogP contribution >= 0.6 is 0 Å². The molecule has 2 amide bonds. The molecule has 0 spiro atoms. The smallest absolute Gasteiger partial charge is 0.329 e. The van der Waals surface area contributed by atoms with Crippen molar-refractivity contribution >= 4 is 12.0 Å². The molecule has 0 bridgehead atoms. The van der Waals surface area contributed by atoms with E-state index in [1.54, 1.807) is 12.1 Å². The van der Waals surface area contributed by atoms with Crippen molar-refractivity contribution in [2.75, 3.05) is 0 Å². The number of aliphatic carboxylic acids is 1. The number of hydrogen-bond acceptors (Lipinski definition) is 2. The van der Waals surface area contributed by atoms with E-state index in [0.29, 0.717) is 0 Å². The zero-order valence-corrected chi connectivity index (χ0v) is 8.93. The van der Waals surface area contributed by atoms with Crippen LogP contribution in [0.1, 0.15) is 12.5 Å². The summed E-state index contributed by atoms with van der Waals surface area (Å²) in [5.74, 6) is -1.12. The number of primary amides is 1. The van der Waals surface area contributed by atoms with Crippen LogP contribution in [0.25, 0.3) is 0 Å². The molecule has 0 fully saturated rings. The highest BCUT2D eigenvalue weighted by Crippen LogP contribution is 2.13. The van der Waals surface area contributed by atoms with Crippen LogP contribution in [0.15, 0.2) is 30.3 Å². The maximum absolute atomic E-state index is 11.1. The second-order valence-electron chi connectivity index (χ2n) is 3.79. The van der Waals surface area contributed by atoms with Gasteiger partial charge in [0.15, 0.2) is 0 Å². The van der Waals surface area contributed by atoms with Gasteiger partial charge in [0.2, 0.25) is 0 Å². The summed E-state index contributed by atoms with van der Waals surface area (Å²) in [6.07, 6.45) is 0.187. The van der Waals surface area contributed by atoms with Crippen molar-refractivity contribution < 1.29 is 14.7 Å². The van der Waals surface area contributed by atoms with Crippen molar-refractivity contribution in [3.63, 3.8) is 0 Å². The first-order valence-electron chi connectivity index (χ1n) is 4.79. The molecule has 0 aliphatic carbocycles. The lowest BCUT2D eigenvalue weighted by Gasteiger charge is -2.25. The van der Waals surface area contributed by atoms with Gasteiger partial charge < -0.3 is 16.2 Å². The first-order chi connectivity index (χ1) is 7.44. The molecule has 1 unspecified atom stereocenters. The standard InChI is InChI=1S/C11H14N2O3/c1-11(9(14)15,13-10(12)16)7-8-5-3-2-4-6-8/h2-6H,7H2,1H3,(H,14,15)(H3,12,13,16). The molecule has 5 nitrogen and oxygen atoms in total. The van der Waals surface area contributed by atoms with E-state index in [2.05, 4.69) is 5.32 Å². The molecule has 0 saturated carbocycles. The molecule has 4 N–H and O–H groups in total. The first kappa shape index (κ1) is 12.0. The number of nitrogens with two attached hydrogens (primary N) is 1. The van der Waals surface area contributed by atoms with Crippen LogP contribution in [0.2, 0.25) is 0 Å². The number of carboxylic acid groups (broad SMARTS) is 1. The van der Waals surface area contributed by atoms with Gasteiger partial charge in [-0.2, -0.15) is 0 Å². The molecule has 0 aliphatic heterocycles. The third-order valence-corrected chi connectivity index (χ3v) is 2.27. The summed E-state index contributed by atoms with van der Waals surface area (Å²) < 4.78 is 0. The van der Waals surface area contributed by atoms with Crippen molar-refractivity contribution in [3.05, 3.63) is 35.9 Å². The van der Waals surface area contributed by atoms with Crippen molar-refractivity contribution in [1.82, 2.24) is 5.32 Å². The normalized spacial score (nSPS) is 13.8. The quantitative estimate of drug-likeness (QED) is 0.701. The predicted octanol–water partition coefficient (Wildman–Crippen LogP) is 0.741. The lowest BCUT2D eigenvalue weighted by molar-refractivity contribution is -0.143. The molecule has 0 aromatic heterocycles. The zero-order chi connectivity index (χ0) is 12.2. The zero-order valence-electron chi connectivity index (χ0n) is 8.93.